The van der Waals surface area contributed by atoms with E-state index in [2.05, 4.69) is 17.1 Å². The number of rotatable bonds is 5. The zero-order chi connectivity index (χ0) is 19.4. The van der Waals surface area contributed by atoms with Gasteiger partial charge in [-0.25, -0.2) is 0 Å². The number of hydrogen-bond acceptors (Lipinski definition) is 4. The van der Waals surface area contributed by atoms with Gasteiger partial charge in [0, 0.05) is 49.5 Å². The van der Waals surface area contributed by atoms with Gasteiger partial charge < -0.3 is 15.0 Å². The van der Waals surface area contributed by atoms with Gasteiger partial charge in [-0.3, -0.25) is 14.5 Å². The van der Waals surface area contributed by atoms with Gasteiger partial charge in [-0.15, -0.1) is 0 Å². The zero-order valence-corrected chi connectivity index (χ0v) is 16.8. The monoisotopic (exact) mass is 393 g/mol. The molecule has 0 saturated carbocycles. The summed E-state index contributed by atoms with van der Waals surface area (Å²) in [6.45, 7) is 8.55. The predicted molar refractivity (Wildman–Crippen MR) is 106 cm³/mol. The molecule has 2 heterocycles. The fourth-order valence-electron chi connectivity index (χ4n) is 4.03. The number of nitrogens with zero attached hydrogens (tertiary/aromatic N) is 2. The quantitative estimate of drug-likeness (QED) is 0.781. The van der Waals surface area contributed by atoms with E-state index in [9.17, 15) is 9.59 Å². The normalized spacial score (nSPS) is 23.9. The molecular formula is C20H28ClN3O3. The van der Waals surface area contributed by atoms with E-state index >= 15 is 0 Å². The first-order valence-electron chi connectivity index (χ1n) is 9.59. The van der Waals surface area contributed by atoms with Crippen molar-refractivity contribution in [1.29, 1.82) is 0 Å². The van der Waals surface area contributed by atoms with Gasteiger partial charge in [0.25, 0.3) is 0 Å². The van der Waals surface area contributed by atoms with Gasteiger partial charge in [-0.2, -0.15) is 0 Å². The van der Waals surface area contributed by atoms with Crippen molar-refractivity contribution in [3.63, 3.8) is 0 Å². The van der Waals surface area contributed by atoms with E-state index in [-0.39, 0.29) is 17.9 Å². The Morgan fingerprint density at radius 3 is 2.89 bits per heavy atom. The third-order valence-electron chi connectivity index (χ3n) is 5.59. The number of nitrogens with one attached hydrogen (secondary N) is 1. The molecular weight excluding hydrogens is 366 g/mol. The van der Waals surface area contributed by atoms with Gasteiger partial charge >= 0.3 is 0 Å². The summed E-state index contributed by atoms with van der Waals surface area (Å²) in [4.78, 5) is 28.0. The highest BCUT2D eigenvalue weighted by atomic mass is 35.5. The Balaban J connectivity index is 1.63. The van der Waals surface area contributed by atoms with Crippen LogP contribution in [0.2, 0.25) is 5.02 Å². The number of anilines is 1. The summed E-state index contributed by atoms with van der Waals surface area (Å²) in [7, 11) is 0. The predicted octanol–water partition coefficient (Wildman–Crippen LogP) is 2.68. The van der Waals surface area contributed by atoms with Crippen molar-refractivity contribution in [2.75, 3.05) is 38.2 Å². The van der Waals surface area contributed by atoms with Crippen molar-refractivity contribution in [1.82, 2.24) is 9.80 Å². The fraction of sp³-hybridized carbons (Fsp3) is 0.600. The highest BCUT2D eigenvalue weighted by Crippen LogP contribution is 2.27. The van der Waals surface area contributed by atoms with Crippen LogP contribution in [0.25, 0.3) is 0 Å². The van der Waals surface area contributed by atoms with Crippen molar-refractivity contribution in [2.45, 2.75) is 39.3 Å². The second kappa shape index (κ2) is 9.04. The van der Waals surface area contributed by atoms with E-state index in [1.54, 1.807) is 6.07 Å². The number of piperazine rings is 1. The molecule has 0 aliphatic carbocycles. The summed E-state index contributed by atoms with van der Waals surface area (Å²) in [6, 6.07) is 3.88. The molecule has 0 aromatic heterocycles. The molecule has 7 heteroatoms. The van der Waals surface area contributed by atoms with Crippen LogP contribution in [-0.2, 0) is 20.9 Å². The van der Waals surface area contributed by atoms with Crippen LogP contribution < -0.4 is 5.32 Å². The van der Waals surface area contributed by atoms with Crippen molar-refractivity contribution < 1.29 is 14.3 Å². The maximum absolute atomic E-state index is 12.8. The second-order valence-corrected chi connectivity index (χ2v) is 7.97. The molecule has 1 N–H and O–H groups in total. The Hall–Kier alpha value is -1.63. The third kappa shape index (κ3) is 4.81. The molecule has 6 nitrogen and oxygen atoms in total. The van der Waals surface area contributed by atoms with Gasteiger partial charge in [0.15, 0.2) is 0 Å². The molecule has 2 fully saturated rings. The fourth-order valence-corrected chi connectivity index (χ4v) is 4.27. The van der Waals surface area contributed by atoms with Gasteiger partial charge in [0.2, 0.25) is 12.3 Å². The number of ether oxygens (including phenoxy) is 1. The number of amides is 2. The van der Waals surface area contributed by atoms with Crippen LogP contribution in [0.4, 0.5) is 5.69 Å². The first-order valence-corrected chi connectivity index (χ1v) is 9.97. The maximum Gasteiger partial charge on any atom is 0.228 e. The Bertz CT molecular complexity index is 691. The largest absolute Gasteiger partial charge is 0.381 e. The lowest BCUT2D eigenvalue weighted by atomic mass is 9.99. The molecule has 3 rings (SSSR count). The third-order valence-corrected chi connectivity index (χ3v) is 5.81. The van der Waals surface area contributed by atoms with Crippen molar-refractivity contribution in [3.8, 4) is 0 Å². The summed E-state index contributed by atoms with van der Waals surface area (Å²) >= 11 is 6.22. The van der Waals surface area contributed by atoms with Crippen molar-refractivity contribution >= 4 is 29.6 Å². The molecule has 148 valence electrons. The Labute approximate surface area is 165 Å². The number of halogens is 1. The van der Waals surface area contributed by atoms with Gasteiger partial charge in [0.05, 0.1) is 12.5 Å². The van der Waals surface area contributed by atoms with Crippen LogP contribution in [-0.4, -0.2) is 61.0 Å². The van der Waals surface area contributed by atoms with Gasteiger partial charge in [-0.05, 0) is 49.9 Å². The van der Waals surface area contributed by atoms with E-state index < -0.39 is 0 Å². The number of hydrogen-bond donors (Lipinski definition) is 1. The summed E-state index contributed by atoms with van der Waals surface area (Å²) in [5.41, 5.74) is 2.86. The van der Waals surface area contributed by atoms with Crippen molar-refractivity contribution in [3.05, 3.63) is 28.3 Å². The summed E-state index contributed by atoms with van der Waals surface area (Å²) in [5, 5.41) is 3.32. The molecule has 2 saturated heterocycles. The highest BCUT2D eigenvalue weighted by molar-refractivity contribution is 6.31. The zero-order valence-electron chi connectivity index (χ0n) is 16.0. The van der Waals surface area contributed by atoms with Gasteiger partial charge in [0.1, 0.15) is 0 Å². The number of benzene rings is 1. The SMILES string of the molecule is Cc1c(CN2CCN(C(=O)C3CCCOC3)[C@@H](C)C2)cc(Cl)cc1NC=O. The highest BCUT2D eigenvalue weighted by Gasteiger charge is 2.32. The summed E-state index contributed by atoms with van der Waals surface area (Å²) in [6.07, 6.45) is 2.57. The topological polar surface area (TPSA) is 61.9 Å². The van der Waals surface area contributed by atoms with E-state index in [0.29, 0.717) is 18.0 Å². The smallest absolute Gasteiger partial charge is 0.228 e. The minimum absolute atomic E-state index is 0.0138. The Morgan fingerprint density at radius 2 is 2.22 bits per heavy atom. The Kier molecular flexibility index (Phi) is 6.73. The first-order chi connectivity index (χ1) is 13.0. The molecule has 27 heavy (non-hydrogen) atoms. The molecule has 2 atom stereocenters. The molecule has 1 aromatic carbocycles. The number of carbonyl (C=O) groups is 2. The lowest BCUT2D eigenvalue weighted by Gasteiger charge is -2.42. The molecule has 0 bridgehead atoms. The first kappa shape index (κ1) is 20.1. The minimum Gasteiger partial charge on any atom is -0.381 e. The van der Waals surface area contributed by atoms with Crippen molar-refractivity contribution in [2.24, 2.45) is 5.92 Å². The average Bonchev–Trinajstić information content (AvgIpc) is 2.66. The van der Waals surface area contributed by atoms with Crippen LogP contribution in [0.1, 0.15) is 30.9 Å². The van der Waals surface area contributed by atoms with E-state index in [0.717, 1.165) is 62.4 Å². The summed E-state index contributed by atoms with van der Waals surface area (Å²) < 4.78 is 5.48. The van der Waals surface area contributed by atoms with Crippen LogP contribution in [0.5, 0.6) is 0 Å². The second-order valence-electron chi connectivity index (χ2n) is 7.53. The molecule has 2 aliphatic heterocycles. The lowest BCUT2D eigenvalue weighted by molar-refractivity contribution is -0.144. The molecule has 0 radical (unpaired) electrons. The standard InChI is InChI=1S/C20H28ClN3O3/c1-14-10-23(5-6-24(14)20(26)16-4-3-7-27-12-16)11-17-8-18(21)9-19(15(17)2)22-13-25/h8-9,13-14,16H,3-7,10-12H2,1-2H3,(H,22,25)/t14-,16?/m0/s1. The minimum atomic E-state index is 0.0138. The van der Waals surface area contributed by atoms with Crippen LogP contribution in [0, 0.1) is 12.8 Å². The molecule has 0 spiro atoms. The van der Waals surface area contributed by atoms with Crippen LogP contribution in [0.3, 0.4) is 0 Å². The van der Waals surface area contributed by atoms with Crippen LogP contribution >= 0.6 is 11.6 Å². The molecule has 2 aliphatic rings. The molecule has 1 unspecified atom stereocenters. The van der Waals surface area contributed by atoms with E-state index in [1.165, 1.54) is 0 Å². The average molecular weight is 394 g/mol. The lowest BCUT2D eigenvalue weighted by Crippen LogP contribution is -2.55. The maximum atomic E-state index is 12.8. The summed E-state index contributed by atoms with van der Waals surface area (Å²) in [5.74, 6) is 0.248. The van der Waals surface area contributed by atoms with Crippen LogP contribution in [0.15, 0.2) is 12.1 Å². The van der Waals surface area contributed by atoms with E-state index in [1.807, 2.05) is 17.9 Å². The Morgan fingerprint density at radius 1 is 1.41 bits per heavy atom. The molecule has 1 aromatic rings. The number of carbonyl (C=O) groups excluding carboxylic acids is 2. The molecule has 2 amide bonds. The van der Waals surface area contributed by atoms with Gasteiger partial charge in [-0.1, -0.05) is 11.6 Å². The van der Waals surface area contributed by atoms with E-state index in [4.69, 9.17) is 16.3 Å².